The summed E-state index contributed by atoms with van der Waals surface area (Å²) >= 11 is 9.71. The Labute approximate surface area is 137 Å². The molecule has 2 rings (SSSR count). The van der Waals surface area contributed by atoms with Crippen molar-refractivity contribution in [1.82, 2.24) is 0 Å². The molecule has 0 radical (unpaired) electrons. The minimum Gasteiger partial charge on any atom is -0.158 e. The van der Waals surface area contributed by atoms with Crippen LogP contribution in [0.2, 0.25) is 0 Å². The minimum absolute atomic E-state index is 0.261. The predicted octanol–water partition coefficient (Wildman–Crippen LogP) is 5.66. The maximum atomic E-state index is 5.69. The highest BCUT2D eigenvalue weighted by Gasteiger charge is 2.49. The molecule has 0 N–H and O–H groups in total. The molecule has 1 saturated carbocycles. The highest BCUT2D eigenvalue weighted by atomic mass is 32.2. The first-order valence-electron chi connectivity index (χ1n) is 7.43. The number of hydrogen-bond acceptors (Lipinski definition) is 3. The third-order valence-electron chi connectivity index (χ3n) is 4.34. The number of hydrogen-bond donors (Lipinski definition) is 0. The maximum Gasteiger partial charge on any atom is 0.0231 e. The second kappa shape index (κ2) is 7.86. The molecule has 0 aliphatic heterocycles. The third kappa shape index (κ3) is 3.42. The van der Waals surface area contributed by atoms with Crippen LogP contribution in [0.15, 0.2) is 36.3 Å². The molecule has 0 saturated heterocycles. The van der Waals surface area contributed by atoms with Gasteiger partial charge in [0.05, 0.1) is 0 Å². The monoisotopic (exact) mass is 324 g/mol. The topological polar surface area (TPSA) is 0 Å². The zero-order chi connectivity index (χ0) is 14.4. The second-order valence-corrected chi connectivity index (χ2v) is 8.33. The first-order chi connectivity index (χ1) is 9.74. The zero-order valence-electron chi connectivity index (χ0n) is 12.1. The van der Waals surface area contributed by atoms with Crippen LogP contribution in [-0.2, 0) is 0 Å². The van der Waals surface area contributed by atoms with E-state index in [1.54, 1.807) is 4.91 Å². The van der Waals surface area contributed by atoms with Crippen LogP contribution >= 0.6 is 35.7 Å². The highest BCUT2D eigenvalue weighted by Crippen LogP contribution is 2.57. The molecule has 0 heterocycles. The fourth-order valence-electron chi connectivity index (χ4n) is 3.42. The van der Waals surface area contributed by atoms with E-state index in [4.69, 9.17) is 12.2 Å². The van der Waals surface area contributed by atoms with Gasteiger partial charge in [0.25, 0.3) is 0 Å². The Kier molecular flexibility index (Phi) is 6.44. The average molecular weight is 325 g/mol. The molecule has 0 nitrogen and oxygen atoms in total. The van der Waals surface area contributed by atoms with Crippen molar-refractivity contribution in [3.05, 3.63) is 36.3 Å². The zero-order valence-corrected chi connectivity index (χ0v) is 14.6. The minimum atomic E-state index is 0.261. The number of allylic oxidation sites excluding steroid dienone is 3. The molecule has 0 aromatic heterocycles. The Balaban J connectivity index is 1.84. The first-order valence-corrected chi connectivity index (χ1v) is 9.98. The van der Waals surface area contributed by atoms with Crippen molar-refractivity contribution >= 4 is 40.6 Å². The lowest BCUT2D eigenvalue weighted by Gasteiger charge is -2.29. The van der Waals surface area contributed by atoms with Gasteiger partial charge in [0.2, 0.25) is 0 Å². The van der Waals surface area contributed by atoms with E-state index < -0.39 is 0 Å². The number of thiocarbonyl (C=S) groups is 1. The van der Waals surface area contributed by atoms with Gasteiger partial charge in [-0.3, -0.25) is 0 Å². The molecule has 2 aliphatic rings. The highest BCUT2D eigenvalue weighted by molar-refractivity contribution is 8.03. The predicted molar refractivity (Wildman–Crippen MR) is 99.9 cm³/mol. The fourth-order valence-corrected chi connectivity index (χ4v) is 6.08. The molecular weight excluding hydrogens is 300 g/mol. The van der Waals surface area contributed by atoms with Crippen molar-refractivity contribution in [3.8, 4) is 0 Å². The van der Waals surface area contributed by atoms with Gasteiger partial charge >= 0.3 is 0 Å². The van der Waals surface area contributed by atoms with Crippen molar-refractivity contribution < 1.29 is 0 Å². The van der Waals surface area contributed by atoms with Crippen LogP contribution in [-0.4, -0.2) is 22.1 Å². The number of fused-ring (bicyclic) bond motifs is 1. The summed E-state index contributed by atoms with van der Waals surface area (Å²) in [4.78, 5) is 2.76. The Morgan fingerprint density at radius 1 is 1.35 bits per heavy atom. The summed E-state index contributed by atoms with van der Waals surface area (Å²) < 4.78 is 0. The Morgan fingerprint density at radius 2 is 2.20 bits per heavy atom. The fraction of sp³-hybridized carbons (Fsp3) is 0.588. The molecule has 3 heteroatoms. The van der Waals surface area contributed by atoms with Crippen LogP contribution in [0.1, 0.15) is 32.1 Å². The molecule has 2 aliphatic carbocycles. The standard InChI is InChI=1S/C17H24S3/c1-3-8-17-9-5-7-14(17)15(13-16(17)18)20-12-6-11-19-10-4-2/h3-4,13-14H,1-2,5-12H2/t14-,17-/m0/s1. The van der Waals surface area contributed by atoms with Crippen LogP contribution in [0.4, 0.5) is 0 Å². The van der Waals surface area contributed by atoms with E-state index in [9.17, 15) is 0 Å². The second-order valence-electron chi connectivity index (χ2n) is 5.57. The summed E-state index contributed by atoms with van der Waals surface area (Å²) in [6.07, 6.45) is 12.6. The summed E-state index contributed by atoms with van der Waals surface area (Å²) in [6, 6.07) is 0. The maximum absolute atomic E-state index is 5.69. The Hall–Kier alpha value is 0.01000. The number of rotatable bonds is 9. The Bertz CT molecular complexity index is 410. The van der Waals surface area contributed by atoms with Gasteiger partial charge in [0, 0.05) is 22.0 Å². The van der Waals surface area contributed by atoms with Crippen molar-refractivity contribution in [2.24, 2.45) is 11.3 Å². The molecule has 2 atom stereocenters. The Morgan fingerprint density at radius 3 is 2.95 bits per heavy atom. The van der Waals surface area contributed by atoms with Gasteiger partial charge in [-0.1, -0.05) is 30.8 Å². The summed E-state index contributed by atoms with van der Waals surface area (Å²) in [5.41, 5.74) is 0.261. The van der Waals surface area contributed by atoms with Crippen LogP contribution in [0, 0.1) is 11.3 Å². The van der Waals surface area contributed by atoms with Crippen LogP contribution in [0.25, 0.3) is 0 Å². The summed E-state index contributed by atoms with van der Waals surface area (Å²) in [5, 5.41) is 0. The van der Waals surface area contributed by atoms with Gasteiger partial charge in [-0.15, -0.1) is 24.9 Å². The van der Waals surface area contributed by atoms with Crippen molar-refractivity contribution in [2.75, 3.05) is 17.3 Å². The third-order valence-corrected chi connectivity index (χ3v) is 7.14. The van der Waals surface area contributed by atoms with E-state index in [0.717, 1.165) is 12.2 Å². The molecule has 0 bridgehead atoms. The van der Waals surface area contributed by atoms with E-state index >= 15 is 0 Å². The lowest BCUT2D eigenvalue weighted by atomic mass is 9.76. The first kappa shape index (κ1) is 16.4. The van der Waals surface area contributed by atoms with Crippen molar-refractivity contribution in [3.63, 3.8) is 0 Å². The average Bonchev–Trinajstić information content (AvgIpc) is 2.95. The molecule has 1 fully saturated rings. The molecule has 0 aromatic rings. The van der Waals surface area contributed by atoms with E-state index in [1.165, 1.54) is 42.1 Å². The lowest BCUT2D eigenvalue weighted by Crippen LogP contribution is -2.27. The van der Waals surface area contributed by atoms with Gasteiger partial charge in [-0.25, -0.2) is 0 Å². The van der Waals surface area contributed by atoms with E-state index in [1.807, 2.05) is 29.6 Å². The normalized spacial score (nSPS) is 28.3. The molecule has 110 valence electrons. The van der Waals surface area contributed by atoms with E-state index in [2.05, 4.69) is 25.3 Å². The molecule has 0 unspecified atom stereocenters. The van der Waals surface area contributed by atoms with Crippen LogP contribution in [0.3, 0.4) is 0 Å². The van der Waals surface area contributed by atoms with E-state index in [-0.39, 0.29) is 5.41 Å². The molecular formula is C17H24S3. The summed E-state index contributed by atoms with van der Waals surface area (Å²) in [7, 11) is 0. The van der Waals surface area contributed by atoms with Crippen LogP contribution < -0.4 is 0 Å². The van der Waals surface area contributed by atoms with Gasteiger partial charge in [0.15, 0.2) is 0 Å². The molecule has 0 spiro atoms. The number of thioether (sulfide) groups is 2. The summed E-state index contributed by atoms with van der Waals surface area (Å²) in [5.74, 6) is 4.22. The SMILES string of the molecule is C=CCSCCCSC1=CC(=S)[C@@]2(CC=C)CCC[C@@H]12. The van der Waals surface area contributed by atoms with Gasteiger partial charge in [0.1, 0.15) is 0 Å². The molecule has 20 heavy (non-hydrogen) atoms. The van der Waals surface area contributed by atoms with Gasteiger partial charge < -0.3 is 0 Å². The molecule has 0 amide bonds. The van der Waals surface area contributed by atoms with Crippen LogP contribution in [0.5, 0.6) is 0 Å². The summed E-state index contributed by atoms with van der Waals surface area (Å²) in [6.45, 7) is 7.70. The lowest BCUT2D eigenvalue weighted by molar-refractivity contribution is 0.378. The smallest absolute Gasteiger partial charge is 0.0231 e. The van der Waals surface area contributed by atoms with Crippen molar-refractivity contribution in [1.29, 1.82) is 0 Å². The van der Waals surface area contributed by atoms with E-state index in [0.29, 0.717) is 5.92 Å². The quantitative estimate of drug-likeness (QED) is 0.305. The van der Waals surface area contributed by atoms with Gasteiger partial charge in [-0.2, -0.15) is 11.8 Å². The molecule has 0 aromatic carbocycles. The largest absolute Gasteiger partial charge is 0.158 e. The van der Waals surface area contributed by atoms with Crippen molar-refractivity contribution in [2.45, 2.75) is 32.1 Å². The van der Waals surface area contributed by atoms with Gasteiger partial charge in [-0.05, 0) is 48.2 Å².